The number of amides is 1. The molecule has 0 aliphatic heterocycles. The van der Waals surface area contributed by atoms with Crippen molar-refractivity contribution in [1.29, 1.82) is 0 Å². The molecule has 0 fully saturated rings. The molecule has 1 N–H and O–H groups in total. The lowest BCUT2D eigenvalue weighted by Crippen LogP contribution is -2.28. The summed E-state index contributed by atoms with van der Waals surface area (Å²) in [5.41, 5.74) is 1.82. The van der Waals surface area contributed by atoms with Crippen molar-refractivity contribution < 1.29 is 9.18 Å². The average Bonchev–Trinajstić information content (AvgIpc) is 3.18. The molecule has 0 atom stereocenters. The maximum absolute atomic E-state index is 13.0. The first-order chi connectivity index (χ1) is 13.9. The highest BCUT2D eigenvalue weighted by Crippen LogP contribution is 2.16. The summed E-state index contributed by atoms with van der Waals surface area (Å²) < 4.78 is 16.0. The summed E-state index contributed by atoms with van der Waals surface area (Å²) >= 11 is 0. The number of anilines is 1. The van der Waals surface area contributed by atoms with E-state index in [1.807, 2.05) is 30.3 Å². The Hall–Kier alpha value is -3.81. The number of fused-ring (bicyclic) bond motifs is 1. The van der Waals surface area contributed by atoms with E-state index in [2.05, 4.69) is 15.4 Å². The number of aromatic nitrogens is 4. The molecule has 146 valence electrons. The van der Waals surface area contributed by atoms with E-state index in [1.54, 1.807) is 18.5 Å². The van der Waals surface area contributed by atoms with Crippen molar-refractivity contribution in [3.05, 3.63) is 82.0 Å². The smallest absolute Gasteiger partial charge is 0.279 e. The van der Waals surface area contributed by atoms with Gasteiger partial charge in [-0.15, -0.1) is 5.10 Å². The predicted octanol–water partition coefficient (Wildman–Crippen LogP) is 2.72. The van der Waals surface area contributed by atoms with E-state index in [-0.39, 0.29) is 17.9 Å². The van der Waals surface area contributed by atoms with E-state index in [0.29, 0.717) is 28.5 Å². The molecule has 2 aromatic carbocycles. The van der Waals surface area contributed by atoms with Crippen LogP contribution in [-0.2, 0) is 18.3 Å². The third-order valence-corrected chi connectivity index (χ3v) is 4.78. The summed E-state index contributed by atoms with van der Waals surface area (Å²) in [4.78, 5) is 29.9. The van der Waals surface area contributed by atoms with Crippen LogP contribution >= 0.6 is 0 Å². The molecule has 0 spiro atoms. The number of carbonyl (C=O) groups is 1. The second-order valence-electron chi connectivity index (χ2n) is 6.67. The van der Waals surface area contributed by atoms with Crippen molar-refractivity contribution in [3.63, 3.8) is 0 Å². The Balaban J connectivity index is 1.70. The van der Waals surface area contributed by atoms with Crippen LogP contribution in [0.5, 0.6) is 0 Å². The Labute approximate surface area is 165 Å². The summed E-state index contributed by atoms with van der Waals surface area (Å²) in [6.45, 7) is 1.76. The number of benzene rings is 2. The lowest BCUT2D eigenvalue weighted by Gasteiger charge is -2.11. The molecule has 2 heterocycles. The monoisotopic (exact) mass is 391 g/mol. The zero-order valence-corrected chi connectivity index (χ0v) is 15.9. The van der Waals surface area contributed by atoms with Crippen LogP contribution in [0.15, 0.2) is 59.4 Å². The largest absolute Gasteiger partial charge is 0.326 e. The summed E-state index contributed by atoms with van der Waals surface area (Å²) in [5.74, 6) is 0.0674. The van der Waals surface area contributed by atoms with Crippen LogP contribution in [0.25, 0.3) is 17.2 Å². The quantitative estimate of drug-likeness (QED) is 0.580. The molecule has 4 aromatic rings. The Morgan fingerprint density at radius 1 is 1.10 bits per heavy atom. The summed E-state index contributed by atoms with van der Waals surface area (Å²) in [7, 11) is 1.77. The van der Waals surface area contributed by atoms with Crippen molar-refractivity contribution in [2.24, 2.45) is 7.05 Å². The van der Waals surface area contributed by atoms with Gasteiger partial charge < -0.3 is 9.88 Å². The van der Waals surface area contributed by atoms with Gasteiger partial charge in [0.2, 0.25) is 11.7 Å². The number of nitrogens with one attached hydrogen (secondary N) is 1. The highest BCUT2D eigenvalue weighted by Gasteiger charge is 2.19. The van der Waals surface area contributed by atoms with E-state index >= 15 is 0 Å². The summed E-state index contributed by atoms with van der Waals surface area (Å²) in [6, 6.07) is 14.8. The fraction of sp³-hybridized carbons (Fsp3) is 0.143. The second kappa shape index (κ2) is 7.31. The second-order valence-corrected chi connectivity index (χ2v) is 6.67. The van der Waals surface area contributed by atoms with Gasteiger partial charge in [-0.2, -0.15) is 9.50 Å². The molecule has 4 rings (SSSR count). The average molecular weight is 391 g/mol. The predicted molar refractivity (Wildman–Crippen MR) is 107 cm³/mol. The fourth-order valence-electron chi connectivity index (χ4n) is 3.10. The highest BCUT2D eigenvalue weighted by molar-refractivity contribution is 5.92. The Kier molecular flexibility index (Phi) is 4.67. The minimum absolute atomic E-state index is 0.133. The Morgan fingerprint density at radius 2 is 1.79 bits per heavy atom. The van der Waals surface area contributed by atoms with Gasteiger partial charge in [0.05, 0.1) is 6.42 Å². The lowest BCUT2D eigenvalue weighted by atomic mass is 10.1. The molecule has 0 bridgehead atoms. The van der Waals surface area contributed by atoms with Crippen LogP contribution in [0, 0.1) is 12.7 Å². The molecule has 29 heavy (non-hydrogen) atoms. The first kappa shape index (κ1) is 18.5. The summed E-state index contributed by atoms with van der Waals surface area (Å²) in [6.07, 6.45) is -0.133. The normalized spacial score (nSPS) is 11.0. The van der Waals surface area contributed by atoms with Gasteiger partial charge in [0.15, 0.2) is 5.82 Å². The van der Waals surface area contributed by atoms with Crippen LogP contribution in [0.4, 0.5) is 10.1 Å². The molecule has 1 amide bonds. The number of nitrogens with zero attached hydrogens (tertiary/aromatic N) is 4. The molecule has 0 aliphatic carbocycles. The first-order valence-electron chi connectivity index (χ1n) is 9.00. The molecule has 8 heteroatoms. The van der Waals surface area contributed by atoms with E-state index in [1.165, 1.54) is 28.8 Å². The molecule has 0 saturated heterocycles. The minimum Gasteiger partial charge on any atom is -0.326 e. The van der Waals surface area contributed by atoms with Crippen LogP contribution < -0.4 is 10.9 Å². The van der Waals surface area contributed by atoms with E-state index in [0.717, 1.165) is 5.56 Å². The van der Waals surface area contributed by atoms with E-state index in [9.17, 15) is 14.0 Å². The molecule has 0 aliphatic rings. The molecular weight excluding hydrogens is 373 g/mol. The fourth-order valence-corrected chi connectivity index (χ4v) is 3.10. The van der Waals surface area contributed by atoms with Crippen molar-refractivity contribution >= 4 is 17.4 Å². The van der Waals surface area contributed by atoms with Gasteiger partial charge in [-0.3, -0.25) is 9.59 Å². The van der Waals surface area contributed by atoms with Gasteiger partial charge in [-0.1, -0.05) is 30.3 Å². The van der Waals surface area contributed by atoms with Crippen molar-refractivity contribution in [3.8, 4) is 11.4 Å². The lowest BCUT2D eigenvalue weighted by molar-refractivity contribution is -0.115. The van der Waals surface area contributed by atoms with Gasteiger partial charge in [0, 0.05) is 29.6 Å². The van der Waals surface area contributed by atoms with Crippen LogP contribution in [0.3, 0.4) is 0 Å². The number of rotatable bonds is 4. The molecule has 2 aromatic heterocycles. The molecular formula is C21H18FN5O2. The van der Waals surface area contributed by atoms with Crippen LogP contribution in [0.2, 0.25) is 0 Å². The van der Waals surface area contributed by atoms with E-state index in [4.69, 9.17) is 0 Å². The van der Waals surface area contributed by atoms with Crippen molar-refractivity contribution in [1.82, 2.24) is 19.2 Å². The third kappa shape index (κ3) is 3.52. The van der Waals surface area contributed by atoms with Crippen molar-refractivity contribution in [2.75, 3.05) is 5.32 Å². The zero-order chi connectivity index (χ0) is 20.5. The standard InChI is InChI=1S/C21H18FN5O2/c1-13-17(12-18(28)23-16-10-8-15(22)9-11-16)20(29)27-21(26(13)2)24-19(25-27)14-6-4-3-5-7-14/h3-11H,12H2,1-2H3,(H,23,28). The molecule has 0 radical (unpaired) electrons. The molecule has 0 unspecified atom stereocenters. The van der Waals surface area contributed by atoms with Gasteiger partial charge in [-0.05, 0) is 31.2 Å². The maximum Gasteiger partial charge on any atom is 0.279 e. The zero-order valence-electron chi connectivity index (χ0n) is 15.9. The number of hydrogen-bond acceptors (Lipinski definition) is 4. The molecule has 7 nitrogen and oxygen atoms in total. The number of hydrogen-bond donors (Lipinski definition) is 1. The molecule has 0 saturated carbocycles. The minimum atomic E-state index is -0.390. The third-order valence-electron chi connectivity index (χ3n) is 4.78. The Bertz CT molecular complexity index is 1260. The van der Waals surface area contributed by atoms with E-state index < -0.39 is 5.82 Å². The van der Waals surface area contributed by atoms with Gasteiger partial charge in [0.25, 0.3) is 5.56 Å². The topological polar surface area (TPSA) is 81.3 Å². The first-order valence-corrected chi connectivity index (χ1v) is 9.00. The van der Waals surface area contributed by atoms with Crippen molar-refractivity contribution in [2.45, 2.75) is 13.3 Å². The van der Waals surface area contributed by atoms with Crippen LogP contribution in [0.1, 0.15) is 11.3 Å². The SMILES string of the molecule is Cc1c(CC(=O)Nc2ccc(F)cc2)c(=O)n2nc(-c3ccccc3)nc2n1C. The van der Waals surface area contributed by atoms with Crippen LogP contribution in [-0.4, -0.2) is 25.1 Å². The summed E-state index contributed by atoms with van der Waals surface area (Å²) in [5, 5.41) is 7.02. The number of carbonyl (C=O) groups excluding carboxylic acids is 1. The van der Waals surface area contributed by atoms with Gasteiger partial charge >= 0.3 is 0 Å². The van der Waals surface area contributed by atoms with Gasteiger partial charge in [-0.25, -0.2) is 4.39 Å². The maximum atomic E-state index is 13.0. The number of aryl methyl sites for hydroxylation is 1. The highest BCUT2D eigenvalue weighted by atomic mass is 19.1. The van der Waals surface area contributed by atoms with Gasteiger partial charge in [0.1, 0.15) is 5.82 Å². The number of halogens is 1. The Morgan fingerprint density at radius 3 is 2.48 bits per heavy atom.